The molecule has 0 radical (unpaired) electrons. The van der Waals surface area contributed by atoms with Gasteiger partial charge in [0.15, 0.2) is 5.65 Å². The molecule has 0 bridgehead atoms. The molecular formula is C12H9Cl2N5. The van der Waals surface area contributed by atoms with Crippen LogP contribution in [0.2, 0.25) is 10.0 Å². The van der Waals surface area contributed by atoms with E-state index >= 15 is 0 Å². The molecule has 3 N–H and O–H groups in total. The van der Waals surface area contributed by atoms with Gasteiger partial charge in [0.2, 0.25) is 5.95 Å². The number of anilines is 3. The third-order valence-electron chi connectivity index (χ3n) is 2.53. The number of aromatic nitrogens is 3. The molecule has 0 spiro atoms. The molecule has 0 saturated heterocycles. The predicted octanol–water partition coefficient (Wildman–Crippen LogP) is 3.36. The van der Waals surface area contributed by atoms with Crippen molar-refractivity contribution in [3.05, 3.63) is 46.6 Å². The summed E-state index contributed by atoms with van der Waals surface area (Å²) in [5.41, 5.74) is 7.67. The minimum absolute atomic E-state index is 0.426. The van der Waals surface area contributed by atoms with Crippen molar-refractivity contribution in [3.63, 3.8) is 0 Å². The smallest absolute Gasteiger partial charge is 0.247 e. The van der Waals surface area contributed by atoms with Crippen LogP contribution in [0.5, 0.6) is 0 Å². The number of rotatable bonds is 2. The van der Waals surface area contributed by atoms with E-state index < -0.39 is 0 Å². The number of benzene rings is 1. The molecule has 3 rings (SSSR count). The molecule has 0 aliphatic rings. The largest absolute Gasteiger partial charge is 0.399 e. The lowest BCUT2D eigenvalue weighted by Gasteiger charge is -2.04. The van der Waals surface area contributed by atoms with Crippen molar-refractivity contribution < 1.29 is 0 Å². The number of hydrogen-bond acceptors (Lipinski definition) is 4. The maximum Gasteiger partial charge on any atom is 0.247 e. The molecular weight excluding hydrogens is 285 g/mol. The van der Waals surface area contributed by atoms with Gasteiger partial charge in [-0.3, -0.25) is 0 Å². The Hall–Kier alpha value is -1.98. The SMILES string of the molecule is Nc1ccc(Cl)c(Nc2nc3ccc(Cl)cn3n2)c1. The van der Waals surface area contributed by atoms with E-state index in [0.29, 0.717) is 33.0 Å². The zero-order chi connectivity index (χ0) is 13.4. The summed E-state index contributed by atoms with van der Waals surface area (Å²) in [5, 5.41) is 8.41. The summed E-state index contributed by atoms with van der Waals surface area (Å²) in [6, 6.07) is 8.70. The van der Waals surface area contributed by atoms with Gasteiger partial charge in [0.25, 0.3) is 0 Å². The van der Waals surface area contributed by atoms with Crippen molar-refractivity contribution in [1.29, 1.82) is 0 Å². The number of nitrogens with zero attached hydrogens (tertiary/aromatic N) is 3. The highest BCUT2D eigenvalue weighted by Gasteiger charge is 2.07. The van der Waals surface area contributed by atoms with Crippen LogP contribution in [0.3, 0.4) is 0 Å². The van der Waals surface area contributed by atoms with Crippen LogP contribution >= 0.6 is 23.2 Å². The fraction of sp³-hybridized carbons (Fsp3) is 0. The molecule has 2 heterocycles. The molecule has 19 heavy (non-hydrogen) atoms. The highest BCUT2D eigenvalue weighted by atomic mass is 35.5. The van der Waals surface area contributed by atoms with Gasteiger partial charge >= 0.3 is 0 Å². The second-order valence-electron chi connectivity index (χ2n) is 3.95. The fourth-order valence-electron chi connectivity index (χ4n) is 1.67. The summed E-state index contributed by atoms with van der Waals surface area (Å²) in [7, 11) is 0. The fourth-order valence-corrected chi connectivity index (χ4v) is 1.99. The van der Waals surface area contributed by atoms with Crippen LogP contribution < -0.4 is 11.1 Å². The van der Waals surface area contributed by atoms with E-state index in [-0.39, 0.29) is 0 Å². The topological polar surface area (TPSA) is 68.2 Å². The van der Waals surface area contributed by atoms with Crippen LogP contribution in [-0.4, -0.2) is 14.6 Å². The number of hydrogen-bond donors (Lipinski definition) is 2. The van der Waals surface area contributed by atoms with Gasteiger partial charge in [-0.25, -0.2) is 4.52 Å². The molecule has 0 fully saturated rings. The summed E-state index contributed by atoms with van der Waals surface area (Å²) in [4.78, 5) is 4.30. The molecule has 0 atom stereocenters. The Labute approximate surface area is 119 Å². The van der Waals surface area contributed by atoms with Gasteiger partial charge in [0.1, 0.15) is 0 Å². The molecule has 0 amide bonds. The first-order valence-electron chi connectivity index (χ1n) is 5.46. The molecule has 0 unspecified atom stereocenters. The lowest BCUT2D eigenvalue weighted by molar-refractivity contribution is 0.965. The Morgan fingerprint density at radius 2 is 2.00 bits per heavy atom. The summed E-state index contributed by atoms with van der Waals surface area (Å²) in [5.74, 6) is 0.426. The van der Waals surface area contributed by atoms with E-state index in [1.54, 1.807) is 41.0 Å². The zero-order valence-corrected chi connectivity index (χ0v) is 11.2. The van der Waals surface area contributed by atoms with Gasteiger partial charge < -0.3 is 11.1 Å². The monoisotopic (exact) mass is 293 g/mol. The maximum absolute atomic E-state index is 6.07. The first-order chi connectivity index (χ1) is 9.11. The van der Waals surface area contributed by atoms with Crippen LogP contribution in [0.15, 0.2) is 36.5 Å². The van der Waals surface area contributed by atoms with Gasteiger partial charge in [-0.1, -0.05) is 23.2 Å². The summed E-state index contributed by atoms with van der Waals surface area (Å²) in [6.45, 7) is 0. The quantitative estimate of drug-likeness (QED) is 0.711. The number of nitrogen functional groups attached to an aromatic ring is 1. The van der Waals surface area contributed by atoms with E-state index in [4.69, 9.17) is 28.9 Å². The van der Waals surface area contributed by atoms with Crippen LogP contribution in [0.25, 0.3) is 5.65 Å². The third-order valence-corrected chi connectivity index (χ3v) is 3.08. The van der Waals surface area contributed by atoms with Gasteiger partial charge in [-0.05, 0) is 30.3 Å². The Balaban J connectivity index is 1.98. The molecule has 2 aromatic heterocycles. The number of fused-ring (bicyclic) bond motifs is 1. The lowest BCUT2D eigenvalue weighted by atomic mass is 10.3. The van der Waals surface area contributed by atoms with Crippen molar-refractivity contribution in [3.8, 4) is 0 Å². The van der Waals surface area contributed by atoms with Gasteiger partial charge in [-0.15, -0.1) is 5.10 Å². The number of nitrogens with two attached hydrogens (primary N) is 1. The van der Waals surface area contributed by atoms with E-state index in [1.165, 1.54) is 0 Å². The van der Waals surface area contributed by atoms with Gasteiger partial charge in [-0.2, -0.15) is 4.98 Å². The number of halogens is 2. The first-order valence-corrected chi connectivity index (χ1v) is 6.21. The van der Waals surface area contributed by atoms with Crippen LogP contribution in [0.1, 0.15) is 0 Å². The highest BCUT2D eigenvalue weighted by Crippen LogP contribution is 2.26. The van der Waals surface area contributed by atoms with Gasteiger partial charge in [0, 0.05) is 11.9 Å². The average molecular weight is 294 g/mol. The van der Waals surface area contributed by atoms with E-state index in [9.17, 15) is 0 Å². The lowest BCUT2D eigenvalue weighted by Crippen LogP contribution is -1.95. The number of pyridine rings is 1. The second-order valence-corrected chi connectivity index (χ2v) is 4.79. The van der Waals surface area contributed by atoms with Crippen molar-refractivity contribution in [2.24, 2.45) is 0 Å². The number of nitrogens with one attached hydrogen (secondary N) is 1. The molecule has 3 aromatic rings. The molecule has 1 aromatic carbocycles. The normalized spacial score (nSPS) is 10.8. The second kappa shape index (κ2) is 4.60. The molecule has 0 saturated carbocycles. The third kappa shape index (κ3) is 2.43. The summed E-state index contributed by atoms with van der Waals surface area (Å²) < 4.78 is 1.59. The Kier molecular flexibility index (Phi) is 2.93. The molecule has 5 nitrogen and oxygen atoms in total. The summed E-state index contributed by atoms with van der Waals surface area (Å²) >= 11 is 12.0. The van der Waals surface area contributed by atoms with Gasteiger partial charge in [0.05, 0.1) is 15.7 Å². The standard InChI is InChI=1S/C12H9Cl2N5/c13-7-1-4-11-17-12(18-19(11)6-7)16-10-5-8(15)2-3-9(10)14/h1-6H,15H2,(H,16,18). The van der Waals surface area contributed by atoms with Crippen molar-refractivity contribution >= 4 is 46.2 Å². The maximum atomic E-state index is 6.07. The van der Waals surface area contributed by atoms with Crippen LogP contribution in [0.4, 0.5) is 17.3 Å². The van der Waals surface area contributed by atoms with Crippen molar-refractivity contribution in [2.75, 3.05) is 11.1 Å². The van der Waals surface area contributed by atoms with E-state index in [0.717, 1.165) is 0 Å². The van der Waals surface area contributed by atoms with E-state index in [1.807, 2.05) is 0 Å². The Morgan fingerprint density at radius 3 is 2.84 bits per heavy atom. The molecule has 7 heteroatoms. The Bertz CT molecular complexity index is 753. The Morgan fingerprint density at radius 1 is 1.16 bits per heavy atom. The molecule has 0 aliphatic carbocycles. The van der Waals surface area contributed by atoms with E-state index in [2.05, 4.69) is 15.4 Å². The first kappa shape index (κ1) is 12.1. The minimum atomic E-state index is 0.426. The average Bonchev–Trinajstić information content (AvgIpc) is 2.75. The van der Waals surface area contributed by atoms with Crippen molar-refractivity contribution in [2.45, 2.75) is 0 Å². The molecule has 96 valence electrons. The highest BCUT2D eigenvalue weighted by molar-refractivity contribution is 6.33. The van der Waals surface area contributed by atoms with Crippen molar-refractivity contribution in [1.82, 2.24) is 14.6 Å². The van der Waals surface area contributed by atoms with Crippen LogP contribution in [-0.2, 0) is 0 Å². The van der Waals surface area contributed by atoms with Crippen LogP contribution in [0, 0.1) is 0 Å². The molecule has 0 aliphatic heterocycles. The summed E-state index contributed by atoms with van der Waals surface area (Å²) in [6.07, 6.45) is 1.68. The predicted molar refractivity (Wildman–Crippen MR) is 77.1 cm³/mol. The minimum Gasteiger partial charge on any atom is -0.399 e. The zero-order valence-electron chi connectivity index (χ0n) is 9.64.